The highest BCUT2D eigenvalue weighted by Crippen LogP contribution is 2.29. The van der Waals surface area contributed by atoms with Crippen molar-refractivity contribution in [2.24, 2.45) is 10.4 Å². The zero-order valence-electron chi connectivity index (χ0n) is 10.5. The molecule has 0 saturated carbocycles. The van der Waals surface area contributed by atoms with Gasteiger partial charge in [-0.1, -0.05) is 30.4 Å². The third-order valence-electron chi connectivity index (χ3n) is 3.82. The molecule has 2 heterocycles. The second-order valence-corrected chi connectivity index (χ2v) is 5.17. The minimum Gasteiger partial charge on any atom is -0.283 e. The van der Waals surface area contributed by atoms with Gasteiger partial charge >= 0.3 is 0 Å². The van der Waals surface area contributed by atoms with E-state index in [-0.39, 0.29) is 5.41 Å². The third-order valence-corrected chi connectivity index (χ3v) is 3.82. The lowest BCUT2D eigenvalue weighted by atomic mass is 9.79. The van der Waals surface area contributed by atoms with Crippen molar-refractivity contribution in [3.8, 4) is 0 Å². The van der Waals surface area contributed by atoms with Crippen molar-refractivity contribution in [2.45, 2.75) is 6.42 Å². The average molecular weight is 247 g/mol. The largest absolute Gasteiger partial charge is 0.283 e. The molecule has 1 aliphatic heterocycles. The first-order valence-corrected chi connectivity index (χ1v) is 6.46. The van der Waals surface area contributed by atoms with E-state index in [0.29, 0.717) is 0 Å². The van der Waals surface area contributed by atoms with Crippen LogP contribution in [0.25, 0.3) is 18.2 Å². The summed E-state index contributed by atoms with van der Waals surface area (Å²) in [5.74, 6) is 0. The number of benzene rings is 1. The number of fused-ring (bicyclic) bond motifs is 2. The van der Waals surface area contributed by atoms with Gasteiger partial charge in [-0.3, -0.25) is 4.99 Å². The van der Waals surface area contributed by atoms with Crippen molar-refractivity contribution >= 4 is 18.2 Å². The van der Waals surface area contributed by atoms with Crippen LogP contribution in [0.1, 0.15) is 6.42 Å². The maximum Gasteiger partial charge on any atom is 0.116 e. The fraction of sp³-hybridized carbons (Fsp3) is 0.188. The molecule has 19 heavy (non-hydrogen) atoms. The van der Waals surface area contributed by atoms with Crippen molar-refractivity contribution in [1.82, 2.24) is 9.97 Å². The highest BCUT2D eigenvalue weighted by molar-refractivity contribution is 5.57. The van der Waals surface area contributed by atoms with E-state index in [0.717, 1.165) is 28.9 Å². The van der Waals surface area contributed by atoms with Gasteiger partial charge in [-0.05, 0) is 23.8 Å². The van der Waals surface area contributed by atoms with Gasteiger partial charge < -0.3 is 0 Å². The summed E-state index contributed by atoms with van der Waals surface area (Å²) < 4.78 is 0. The average Bonchev–Trinajstić information content (AvgIpc) is 2.47. The van der Waals surface area contributed by atoms with Crippen LogP contribution in [0.3, 0.4) is 0 Å². The molecule has 1 aliphatic carbocycles. The second-order valence-electron chi connectivity index (χ2n) is 5.17. The van der Waals surface area contributed by atoms with Crippen molar-refractivity contribution in [3.05, 3.63) is 57.9 Å². The molecule has 3 heteroatoms. The Balaban J connectivity index is 1.96. The van der Waals surface area contributed by atoms with Crippen molar-refractivity contribution in [3.63, 3.8) is 0 Å². The molecule has 1 spiro atoms. The van der Waals surface area contributed by atoms with Crippen LogP contribution in [0.5, 0.6) is 0 Å². The van der Waals surface area contributed by atoms with Crippen molar-refractivity contribution in [1.29, 1.82) is 0 Å². The van der Waals surface area contributed by atoms with Crippen molar-refractivity contribution < 1.29 is 0 Å². The molecule has 0 amide bonds. The van der Waals surface area contributed by atoms with E-state index in [1.165, 1.54) is 5.22 Å². The van der Waals surface area contributed by atoms with Gasteiger partial charge in [0.15, 0.2) is 0 Å². The van der Waals surface area contributed by atoms with Gasteiger partial charge in [0.2, 0.25) is 0 Å². The number of aromatic nitrogens is 2. The first-order valence-electron chi connectivity index (χ1n) is 6.46. The summed E-state index contributed by atoms with van der Waals surface area (Å²) >= 11 is 0. The molecule has 2 aliphatic rings. The van der Waals surface area contributed by atoms with Gasteiger partial charge in [0, 0.05) is 16.8 Å². The fourth-order valence-corrected chi connectivity index (χ4v) is 2.81. The normalized spacial score (nSPS) is 23.2. The van der Waals surface area contributed by atoms with Gasteiger partial charge in [0.05, 0.1) is 17.3 Å². The molecule has 3 nitrogen and oxygen atoms in total. The standard InChI is InChI=1S/C16H13N3/c1-2-4-14-12(3-1)7-16(10-18-14)6-5-13-9-17-11-19-15(13)8-16/h1-5,7-9,11H,6,10H2. The Bertz CT molecular complexity index is 805. The summed E-state index contributed by atoms with van der Waals surface area (Å²) in [5, 5.41) is 4.46. The zero-order valence-corrected chi connectivity index (χ0v) is 10.5. The van der Waals surface area contributed by atoms with Gasteiger partial charge in [-0.15, -0.1) is 0 Å². The monoisotopic (exact) mass is 247 g/mol. The Morgan fingerprint density at radius 2 is 2.00 bits per heavy atom. The summed E-state index contributed by atoms with van der Waals surface area (Å²) in [6, 6.07) is 8.30. The number of hydrogen-bond acceptors (Lipinski definition) is 3. The third kappa shape index (κ3) is 1.70. The van der Waals surface area contributed by atoms with Crippen LogP contribution >= 0.6 is 0 Å². The molecular weight excluding hydrogens is 234 g/mol. The molecule has 0 N–H and O–H groups in total. The Kier molecular flexibility index (Phi) is 2.15. The molecule has 0 fully saturated rings. The minimum atomic E-state index is -0.0181. The fourth-order valence-electron chi connectivity index (χ4n) is 2.81. The number of rotatable bonds is 0. The van der Waals surface area contributed by atoms with E-state index < -0.39 is 0 Å². The van der Waals surface area contributed by atoms with E-state index in [2.05, 4.69) is 46.4 Å². The molecule has 92 valence electrons. The lowest BCUT2D eigenvalue weighted by Gasteiger charge is -2.27. The molecule has 1 unspecified atom stereocenters. The number of hydrogen-bond donors (Lipinski definition) is 0. The van der Waals surface area contributed by atoms with Crippen LogP contribution in [0.2, 0.25) is 0 Å². The maximum absolute atomic E-state index is 4.72. The minimum absolute atomic E-state index is 0.0181. The maximum atomic E-state index is 4.72. The summed E-state index contributed by atoms with van der Waals surface area (Å²) in [6.45, 7) is 0.796. The molecule has 0 radical (unpaired) electrons. The lowest BCUT2D eigenvalue weighted by molar-refractivity contribution is 0.574. The van der Waals surface area contributed by atoms with E-state index in [1.807, 2.05) is 12.3 Å². The SMILES string of the molecule is C1=c2ccccc2=NCC12C=c1ncncc1=CC2. The Hall–Kier alpha value is -2.29. The number of nitrogens with zero attached hydrogens (tertiary/aromatic N) is 3. The second kappa shape index (κ2) is 3.85. The van der Waals surface area contributed by atoms with Crippen molar-refractivity contribution in [2.75, 3.05) is 6.54 Å². The number of para-hydroxylation sites is 1. The van der Waals surface area contributed by atoms with Gasteiger partial charge in [-0.2, -0.15) is 0 Å². The lowest BCUT2D eigenvalue weighted by Crippen LogP contribution is -2.41. The van der Waals surface area contributed by atoms with Crippen LogP contribution in [0.4, 0.5) is 0 Å². The quantitative estimate of drug-likeness (QED) is 0.632. The van der Waals surface area contributed by atoms with Crippen LogP contribution in [0.15, 0.2) is 41.8 Å². The topological polar surface area (TPSA) is 38.1 Å². The zero-order chi connectivity index (χ0) is 12.7. The Labute approximate surface area is 110 Å². The van der Waals surface area contributed by atoms with Gasteiger partial charge in [-0.25, -0.2) is 9.97 Å². The summed E-state index contributed by atoms with van der Waals surface area (Å²) in [4.78, 5) is 13.2. The highest BCUT2D eigenvalue weighted by Gasteiger charge is 2.27. The predicted octanol–water partition coefficient (Wildman–Crippen LogP) is -0.458. The molecule has 1 aromatic carbocycles. The molecule has 4 rings (SSSR count). The van der Waals surface area contributed by atoms with E-state index in [1.54, 1.807) is 6.33 Å². The molecule has 1 atom stereocenters. The summed E-state index contributed by atoms with van der Waals surface area (Å²) in [6.07, 6.45) is 11.2. The van der Waals surface area contributed by atoms with Gasteiger partial charge in [0.1, 0.15) is 6.33 Å². The predicted molar refractivity (Wildman–Crippen MR) is 73.8 cm³/mol. The van der Waals surface area contributed by atoms with Crippen LogP contribution in [0, 0.1) is 5.41 Å². The molecule has 1 aromatic heterocycles. The van der Waals surface area contributed by atoms with E-state index in [9.17, 15) is 0 Å². The summed E-state index contributed by atoms with van der Waals surface area (Å²) in [7, 11) is 0. The van der Waals surface area contributed by atoms with E-state index >= 15 is 0 Å². The molecule has 2 aromatic rings. The first-order chi connectivity index (χ1) is 9.35. The summed E-state index contributed by atoms with van der Waals surface area (Å²) in [5.41, 5.74) is -0.0181. The van der Waals surface area contributed by atoms with Crippen LogP contribution in [-0.2, 0) is 0 Å². The molecule has 0 saturated heterocycles. The Morgan fingerprint density at radius 3 is 3.00 bits per heavy atom. The highest BCUT2D eigenvalue weighted by atomic mass is 14.8. The van der Waals surface area contributed by atoms with Crippen LogP contribution in [-0.4, -0.2) is 16.5 Å². The smallest absolute Gasteiger partial charge is 0.116 e. The molecule has 0 bridgehead atoms. The first kappa shape index (κ1) is 10.6. The molecular formula is C16H13N3. The van der Waals surface area contributed by atoms with Crippen LogP contribution < -0.4 is 21.1 Å². The Morgan fingerprint density at radius 1 is 1.05 bits per heavy atom. The van der Waals surface area contributed by atoms with E-state index in [4.69, 9.17) is 4.99 Å². The van der Waals surface area contributed by atoms with Gasteiger partial charge in [0.25, 0.3) is 0 Å².